The molecule has 0 spiro atoms. The average Bonchev–Trinajstić information content (AvgIpc) is 2.24. The summed E-state index contributed by atoms with van der Waals surface area (Å²) < 4.78 is 0. The van der Waals surface area contributed by atoms with Crippen molar-refractivity contribution in [2.75, 3.05) is 0 Å². The Morgan fingerprint density at radius 1 is 1.21 bits per heavy atom. The van der Waals surface area contributed by atoms with Gasteiger partial charge in [-0.25, -0.2) is 4.79 Å². The summed E-state index contributed by atoms with van der Waals surface area (Å²) in [5.41, 5.74) is 5.24. The number of amides is 1. The molecule has 0 fully saturated rings. The van der Waals surface area contributed by atoms with Gasteiger partial charge in [-0.3, -0.25) is 9.59 Å². The van der Waals surface area contributed by atoms with Crippen molar-refractivity contribution in [3.63, 3.8) is 0 Å². The number of carbonyl (C=O) groups excluding carboxylic acids is 1. The van der Waals surface area contributed by atoms with Crippen molar-refractivity contribution in [1.29, 1.82) is 0 Å². The van der Waals surface area contributed by atoms with E-state index in [1.165, 1.54) is 0 Å². The molecule has 7 heteroatoms. The van der Waals surface area contributed by atoms with Gasteiger partial charge in [0.15, 0.2) is 0 Å². The van der Waals surface area contributed by atoms with Crippen LogP contribution in [0.15, 0.2) is 0 Å². The van der Waals surface area contributed by atoms with Crippen LogP contribution in [0.2, 0.25) is 0 Å². The van der Waals surface area contributed by atoms with E-state index in [2.05, 4.69) is 5.32 Å². The van der Waals surface area contributed by atoms with Gasteiger partial charge in [0.1, 0.15) is 6.04 Å². The Hall–Kier alpha value is -1.63. The van der Waals surface area contributed by atoms with Crippen molar-refractivity contribution < 1.29 is 24.6 Å². The minimum absolute atomic E-state index is 0.0598. The number of carbonyl (C=O) groups is 3. The molecule has 0 aromatic carbocycles. The SMILES string of the molecule is CC(C)(C)C(N)C(=O)N[C@H](CCCC(=O)O)C(=O)O. The van der Waals surface area contributed by atoms with E-state index in [1.54, 1.807) is 20.8 Å². The molecule has 0 heterocycles. The summed E-state index contributed by atoms with van der Waals surface area (Å²) in [7, 11) is 0. The predicted molar refractivity (Wildman–Crippen MR) is 68.5 cm³/mol. The fourth-order valence-electron chi connectivity index (χ4n) is 1.37. The second kappa shape index (κ2) is 7.08. The quantitative estimate of drug-likeness (QED) is 0.524. The van der Waals surface area contributed by atoms with Crippen LogP contribution in [0.4, 0.5) is 0 Å². The van der Waals surface area contributed by atoms with Gasteiger partial charge in [-0.1, -0.05) is 20.8 Å². The molecule has 5 N–H and O–H groups in total. The zero-order chi connectivity index (χ0) is 15.2. The van der Waals surface area contributed by atoms with Crippen LogP contribution in [0, 0.1) is 5.41 Å². The highest BCUT2D eigenvalue weighted by Gasteiger charge is 2.30. The van der Waals surface area contributed by atoms with Gasteiger partial charge in [-0.05, 0) is 18.3 Å². The third kappa shape index (κ3) is 6.76. The molecule has 0 bridgehead atoms. The maximum atomic E-state index is 11.8. The number of aliphatic carboxylic acids is 2. The molecule has 0 aliphatic carbocycles. The molecule has 1 unspecified atom stereocenters. The van der Waals surface area contributed by atoms with Crippen molar-refractivity contribution >= 4 is 17.8 Å². The molecule has 0 saturated heterocycles. The molecular formula is C12H22N2O5. The van der Waals surface area contributed by atoms with Gasteiger partial charge < -0.3 is 21.3 Å². The molecular weight excluding hydrogens is 252 g/mol. The van der Waals surface area contributed by atoms with Crippen molar-refractivity contribution in [3.8, 4) is 0 Å². The first-order chi connectivity index (χ1) is 8.55. The first-order valence-corrected chi connectivity index (χ1v) is 6.06. The molecule has 110 valence electrons. The number of nitrogens with one attached hydrogen (secondary N) is 1. The van der Waals surface area contributed by atoms with E-state index >= 15 is 0 Å². The van der Waals surface area contributed by atoms with Crippen LogP contribution in [0.5, 0.6) is 0 Å². The lowest BCUT2D eigenvalue weighted by Crippen LogP contribution is -2.53. The number of carboxylic acid groups (broad SMARTS) is 2. The van der Waals surface area contributed by atoms with Crippen LogP contribution in [-0.2, 0) is 14.4 Å². The lowest BCUT2D eigenvalue weighted by Gasteiger charge is -2.27. The van der Waals surface area contributed by atoms with E-state index < -0.39 is 35.3 Å². The summed E-state index contributed by atoms with van der Waals surface area (Å²) in [5, 5.41) is 19.8. The first-order valence-electron chi connectivity index (χ1n) is 6.06. The smallest absolute Gasteiger partial charge is 0.326 e. The van der Waals surface area contributed by atoms with Gasteiger partial charge in [-0.15, -0.1) is 0 Å². The molecule has 0 aliphatic heterocycles. The van der Waals surface area contributed by atoms with Crippen LogP contribution in [0.1, 0.15) is 40.0 Å². The van der Waals surface area contributed by atoms with Gasteiger partial charge in [-0.2, -0.15) is 0 Å². The minimum atomic E-state index is -1.19. The largest absolute Gasteiger partial charge is 0.481 e. The third-order valence-corrected chi connectivity index (χ3v) is 2.71. The normalized spacial score (nSPS) is 14.5. The van der Waals surface area contributed by atoms with Crippen molar-refractivity contribution in [2.24, 2.45) is 11.1 Å². The van der Waals surface area contributed by atoms with Gasteiger partial charge >= 0.3 is 11.9 Å². The van der Waals surface area contributed by atoms with E-state index in [-0.39, 0.29) is 19.3 Å². The summed E-state index contributed by atoms with van der Waals surface area (Å²) in [6.45, 7) is 5.33. The highest BCUT2D eigenvalue weighted by Crippen LogP contribution is 2.17. The van der Waals surface area contributed by atoms with E-state index in [9.17, 15) is 14.4 Å². The van der Waals surface area contributed by atoms with Crippen molar-refractivity contribution in [2.45, 2.75) is 52.1 Å². The summed E-state index contributed by atoms with van der Waals surface area (Å²) in [4.78, 5) is 33.1. The molecule has 0 radical (unpaired) electrons. The number of hydrogen-bond acceptors (Lipinski definition) is 4. The molecule has 0 aromatic heterocycles. The molecule has 0 saturated carbocycles. The lowest BCUT2D eigenvalue weighted by atomic mass is 9.86. The number of nitrogens with two attached hydrogens (primary N) is 1. The monoisotopic (exact) mass is 274 g/mol. The highest BCUT2D eigenvalue weighted by molar-refractivity contribution is 5.87. The molecule has 0 aliphatic rings. The molecule has 1 amide bonds. The Labute approximate surface area is 112 Å². The van der Waals surface area contributed by atoms with Gasteiger partial charge in [0, 0.05) is 6.42 Å². The third-order valence-electron chi connectivity index (χ3n) is 2.71. The van der Waals surface area contributed by atoms with E-state index in [0.717, 1.165) is 0 Å². The molecule has 7 nitrogen and oxygen atoms in total. The van der Waals surface area contributed by atoms with Crippen LogP contribution >= 0.6 is 0 Å². The van der Waals surface area contributed by atoms with Crippen LogP contribution in [0.25, 0.3) is 0 Å². The standard InChI is InChI=1S/C12H22N2O5/c1-12(2,3)9(13)10(17)14-7(11(18)19)5-4-6-8(15)16/h7,9H,4-6,13H2,1-3H3,(H,14,17)(H,15,16)(H,18,19)/t7-,9?/m1/s1. The van der Waals surface area contributed by atoms with Gasteiger partial charge in [0.05, 0.1) is 6.04 Å². The first kappa shape index (κ1) is 17.4. The summed E-state index contributed by atoms with van der Waals surface area (Å²) in [6, 6.07) is -1.94. The Bertz CT molecular complexity index is 349. The van der Waals surface area contributed by atoms with Crippen LogP contribution < -0.4 is 11.1 Å². The Morgan fingerprint density at radius 3 is 2.11 bits per heavy atom. The summed E-state index contributed by atoms with van der Waals surface area (Å²) in [5.74, 6) is -2.74. The number of hydrogen-bond donors (Lipinski definition) is 4. The topological polar surface area (TPSA) is 130 Å². The van der Waals surface area contributed by atoms with Gasteiger partial charge in [0.25, 0.3) is 0 Å². The maximum absolute atomic E-state index is 11.8. The van der Waals surface area contributed by atoms with Crippen LogP contribution in [-0.4, -0.2) is 40.1 Å². The Balaban J connectivity index is 4.47. The molecule has 19 heavy (non-hydrogen) atoms. The van der Waals surface area contributed by atoms with E-state index in [4.69, 9.17) is 15.9 Å². The zero-order valence-electron chi connectivity index (χ0n) is 11.5. The summed E-state index contributed by atoms with van der Waals surface area (Å²) in [6.07, 6.45) is 0.104. The maximum Gasteiger partial charge on any atom is 0.326 e. The molecule has 0 rings (SSSR count). The predicted octanol–water partition coefficient (Wildman–Crippen LogP) is 0.184. The summed E-state index contributed by atoms with van der Waals surface area (Å²) >= 11 is 0. The van der Waals surface area contributed by atoms with Crippen molar-refractivity contribution in [3.05, 3.63) is 0 Å². The number of rotatable bonds is 7. The fourth-order valence-corrected chi connectivity index (χ4v) is 1.37. The van der Waals surface area contributed by atoms with Crippen LogP contribution in [0.3, 0.4) is 0 Å². The second-order valence-electron chi connectivity index (χ2n) is 5.53. The van der Waals surface area contributed by atoms with E-state index in [1.807, 2.05) is 0 Å². The molecule has 2 atom stereocenters. The highest BCUT2D eigenvalue weighted by atomic mass is 16.4. The van der Waals surface area contributed by atoms with Crippen molar-refractivity contribution in [1.82, 2.24) is 5.32 Å². The van der Waals surface area contributed by atoms with E-state index in [0.29, 0.717) is 0 Å². The lowest BCUT2D eigenvalue weighted by molar-refractivity contribution is -0.143. The Kier molecular flexibility index (Phi) is 6.47. The average molecular weight is 274 g/mol. The number of carboxylic acids is 2. The zero-order valence-corrected chi connectivity index (χ0v) is 11.5. The van der Waals surface area contributed by atoms with Gasteiger partial charge in [0.2, 0.25) is 5.91 Å². The fraction of sp³-hybridized carbons (Fsp3) is 0.750. The molecule has 0 aromatic rings. The Morgan fingerprint density at radius 2 is 1.74 bits per heavy atom. The second-order valence-corrected chi connectivity index (χ2v) is 5.53. The minimum Gasteiger partial charge on any atom is -0.481 e.